The number of nitriles is 1. The highest BCUT2D eigenvalue weighted by molar-refractivity contribution is 9.10. The van der Waals surface area contributed by atoms with Crippen molar-refractivity contribution >= 4 is 27.7 Å². The van der Waals surface area contributed by atoms with Crippen molar-refractivity contribution in [3.8, 4) is 6.07 Å². The Morgan fingerprint density at radius 3 is 2.79 bits per heavy atom. The summed E-state index contributed by atoms with van der Waals surface area (Å²) in [6, 6.07) is 12.4. The van der Waals surface area contributed by atoms with Crippen LogP contribution in [-0.4, -0.2) is 29.8 Å². The number of halogens is 1. The van der Waals surface area contributed by atoms with E-state index in [9.17, 15) is 9.59 Å². The minimum atomic E-state index is -0.331. The fraction of sp³-hybridized carbons (Fsp3) is 0.235. The van der Waals surface area contributed by atoms with Gasteiger partial charge in [-0.25, -0.2) is 0 Å². The SMILES string of the molecule is N#CCCN(Cc1ccco1)C(=O)CNC(=O)c1cccc(Br)c1. The number of furan rings is 1. The first-order valence-electron chi connectivity index (χ1n) is 7.31. The van der Waals surface area contributed by atoms with Crippen molar-refractivity contribution in [3.63, 3.8) is 0 Å². The molecule has 24 heavy (non-hydrogen) atoms. The average Bonchev–Trinajstić information content (AvgIpc) is 3.09. The average molecular weight is 390 g/mol. The lowest BCUT2D eigenvalue weighted by Gasteiger charge is -2.20. The molecule has 0 atom stereocenters. The second-order valence-corrected chi connectivity index (χ2v) is 5.91. The van der Waals surface area contributed by atoms with Gasteiger partial charge in [-0.3, -0.25) is 9.59 Å². The minimum Gasteiger partial charge on any atom is -0.467 e. The molecular formula is C17H16BrN3O3. The highest BCUT2D eigenvalue weighted by Gasteiger charge is 2.16. The third-order valence-corrected chi connectivity index (χ3v) is 3.75. The molecule has 1 heterocycles. The van der Waals surface area contributed by atoms with E-state index in [1.807, 2.05) is 12.1 Å². The molecule has 0 aliphatic heterocycles. The highest BCUT2D eigenvalue weighted by atomic mass is 79.9. The maximum absolute atomic E-state index is 12.3. The third kappa shape index (κ3) is 5.25. The van der Waals surface area contributed by atoms with E-state index in [2.05, 4.69) is 21.2 Å². The largest absolute Gasteiger partial charge is 0.467 e. The maximum atomic E-state index is 12.3. The van der Waals surface area contributed by atoms with Gasteiger partial charge in [0.15, 0.2) is 0 Å². The fourth-order valence-corrected chi connectivity index (χ4v) is 2.47. The molecule has 1 aromatic heterocycles. The van der Waals surface area contributed by atoms with Crippen LogP contribution in [0.15, 0.2) is 51.6 Å². The quantitative estimate of drug-likeness (QED) is 0.788. The zero-order chi connectivity index (χ0) is 17.4. The molecule has 0 aliphatic carbocycles. The van der Waals surface area contributed by atoms with E-state index < -0.39 is 0 Å². The van der Waals surface area contributed by atoms with Gasteiger partial charge >= 0.3 is 0 Å². The van der Waals surface area contributed by atoms with Crippen molar-refractivity contribution in [3.05, 3.63) is 58.5 Å². The molecule has 2 rings (SSSR count). The lowest BCUT2D eigenvalue weighted by Crippen LogP contribution is -2.40. The van der Waals surface area contributed by atoms with E-state index in [-0.39, 0.29) is 37.9 Å². The van der Waals surface area contributed by atoms with Crippen molar-refractivity contribution < 1.29 is 14.0 Å². The van der Waals surface area contributed by atoms with Gasteiger partial charge in [-0.2, -0.15) is 5.26 Å². The van der Waals surface area contributed by atoms with Gasteiger partial charge in [-0.05, 0) is 30.3 Å². The Kier molecular flexibility index (Phi) is 6.58. The second-order valence-electron chi connectivity index (χ2n) is 5.00. The van der Waals surface area contributed by atoms with Crippen molar-refractivity contribution in [1.29, 1.82) is 5.26 Å². The Bertz CT molecular complexity index is 738. The van der Waals surface area contributed by atoms with Gasteiger partial charge in [-0.15, -0.1) is 0 Å². The first kappa shape index (κ1) is 17.8. The maximum Gasteiger partial charge on any atom is 0.251 e. The number of nitrogens with one attached hydrogen (secondary N) is 1. The summed E-state index contributed by atoms with van der Waals surface area (Å²) in [5.74, 6) is 0.0208. The molecule has 2 amide bonds. The van der Waals surface area contributed by atoms with Crippen LogP contribution in [0.3, 0.4) is 0 Å². The number of amides is 2. The molecule has 0 unspecified atom stereocenters. The zero-order valence-electron chi connectivity index (χ0n) is 12.9. The number of hydrogen-bond donors (Lipinski definition) is 1. The van der Waals surface area contributed by atoms with E-state index in [4.69, 9.17) is 9.68 Å². The summed E-state index contributed by atoms with van der Waals surface area (Å²) in [6.45, 7) is 0.403. The Morgan fingerprint density at radius 1 is 1.29 bits per heavy atom. The van der Waals surface area contributed by atoms with Crippen LogP contribution in [0.1, 0.15) is 22.5 Å². The summed E-state index contributed by atoms with van der Waals surface area (Å²) < 4.78 is 6.02. The van der Waals surface area contributed by atoms with Gasteiger partial charge in [0, 0.05) is 16.6 Å². The van der Waals surface area contributed by atoms with Crippen LogP contribution in [0.25, 0.3) is 0 Å². The molecule has 1 N–H and O–H groups in total. The monoisotopic (exact) mass is 389 g/mol. The van der Waals surface area contributed by atoms with Crippen LogP contribution in [0.4, 0.5) is 0 Å². The van der Waals surface area contributed by atoms with E-state index in [1.165, 1.54) is 11.2 Å². The van der Waals surface area contributed by atoms with E-state index in [0.717, 1.165) is 4.47 Å². The molecule has 0 fully saturated rings. The first-order valence-corrected chi connectivity index (χ1v) is 8.10. The van der Waals surface area contributed by atoms with Crippen LogP contribution in [-0.2, 0) is 11.3 Å². The number of nitrogens with zero attached hydrogens (tertiary/aromatic N) is 2. The lowest BCUT2D eigenvalue weighted by molar-refractivity contribution is -0.130. The molecular weight excluding hydrogens is 374 g/mol. The first-order chi connectivity index (χ1) is 11.6. The van der Waals surface area contributed by atoms with Gasteiger partial charge in [0.05, 0.1) is 31.8 Å². The van der Waals surface area contributed by atoms with Gasteiger partial charge in [0.25, 0.3) is 5.91 Å². The van der Waals surface area contributed by atoms with E-state index in [1.54, 1.807) is 30.3 Å². The van der Waals surface area contributed by atoms with Crippen molar-refractivity contribution in [2.75, 3.05) is 13.1 Å². The molecule has 0 saturated carbocycles. The lowest BCUT2D eigenvalue weighted by atomic mass is 10.2. The number of benzene rings is 1. The zero-order valence-corrected chi connectivity index (χ0v) is 14.5. The molecule has 6 nitrogen and oxygen atoms in total. The molecule has 0 radical (unpaired) electrons. The Morgan fingerprint density at radius 2 is 2.12 bits per heavy atom. The molecule has 0 bridgehead atoms. The van der Waals surface area contributed by atoms with Gasteiger partial charge in [-0.1, -0.05) is 22.0 Å². The van der Waals surface area contributed by atoms with Crippen LogP contribution < -0.4 is 5.32 Å². The predicted molar refractivity (Wildman–Crippen MR) is 90.8 cm³/mol. The van der Waals surface area contributed by atoms with Crippen molar-refractivity contribution in [2.45, 2.75) is 13.0 Å². The van der Waals surface area contributed by atoms with Crippen LogP contribution in [0.2, 0.25) is 0 Å². The third-order valence-electron chi connectivity index (χ3n) is 3.26. The molecule has 1 aromatic carbocycles. The Labute approximate surface area is 148 Å². The standard InChI is InChI=1S/C17H16BrN3O3/c18-14-5-1-4-13(10-14)17(23)20-11-16(22)21(8-3-7-19)12-15-6-2-9-24-15/h1-2,4-6,9-10H,3,8,11-12H2,(H,20,23). The topological polar surface area (TPSA) is 86.3 Å². The van der Waals surface area contributed by atoms with Crippen molar-refractivity contribution in [1.82, 2.24) is 10.2 Å². The van der Waals surface area contributed by atoms with Gasteiger partial charge < -0.3 is 14.6 Å². The van der Waals surface area contributed by atoms with Crippen LogP contribution >= 0.6 is 15.9 Å². The predicted octanol–water partition coefficient (Wildman–Crippen LogP) is 2.71. The summed E-state index contributed by atoms with van der Waals surface area (Å²) in [5.41, 5.74) is 0.465. The minimum absolute atomic E-state index is 0.141. The molecule has 7 heteroatoms. The molecule has 2 aromatic rings. The number of carbonyl (C=O) groups excluding carboxylic acids is 2. The fourth-order valence-electron chi connectivity index (χ4n) is 2.07. The molecule has 0 spiro atoms. The number of rotatable bonds is 7. The highest BCUT2D eigenvalue weighted by Crippen LogP contribution is 2.11. The number of hydrogen-bond acceptors (Lipinski definition) is 4. The second kappa shape index (κ2) is 8.89. The van der Waals surface area contributed by atoms with Crippen LogP contribution in [0, 0.1) is 11.3 Å². The van der Waals surface area contributed by atoms with E-state index >= 15 is 0 Å². The Hall–Kier alpha value is -2.59. The number of carbonyl (C=O) groups is 2. The smallest absolute Gasteiger partial charge is 0.251 e. The summed E-state index contributed by atoms with van der Waals surface area (Å²) in [4.78, 5) is 25.9. The Balaban J connectivity index is 1.94. The summed E-state index contributed by atoms with van der Waals surface area (Å²) >= 11 is 3.30. The van der Waals surface area contributed by atoms with Crippen molar-refractivity contribution in [2.24, 2.45) is 0 Å². The normalized spacial score (nSPS) is 10.0. The molecule has 124 valence electrons. The summed E-state index contributed by atoms with van der Waals surface area (Å²) in [6.07, 6.45) is 1.74. The van der Waals surface area contributed by atoms with E-state index in [0.29, 0.717) is 11.3 Å². The van der Waals surface area contributed by atoms with Crippen LogP contribution in [0.5, 0.6) is 0 Å². The van der Waals surface area contributed by atoms with Gasteiger partial charge in [0.2, 0.25) is 5.91 Å². The summed E-state index contributed by atoms with van der Waals surface area (Å²) in [5, 5.41) is 11.3. The molecule has 0 saturated heterocycles. The molecule has 0 aliphatic rings. The van der Waals surface area contributed by atoms with Gasteiger partial charge in [0.1, 0.15) is 5.76 Å². The summed E-state index contributed by atoms with van der Waals surface area (Å²) in [7, 11) is 0.